The Morgan fingerprint density at radius 2 is 1.95 bits per heavy atom. The maximum atomic E-state index is 11.9. The molecule has 0 bridgehead atoms. The summed E-state index contributed by atoms with van der Waals surface area (Å²) in [6.07, 6.45) is 0.601. The first-order valence-electron chi connectivity index (χ1n) is 6.22. The van der Waals surface area contributed by atoms with Crippen LogP contribution in [0, 0.1) is 0 Å². The molecule has 2 amide bonds. The lowest BCUT2D eigenvalue weighted by molar-refractivity contribution is -0.127. The molecule has 19 heavy (non-hydrogen) atoms. The Hall–Kier alpha value is -1.88. The fraction of sp³-hybridized carbons (Fsp3) is 0.429. The summed E-state index contributed by atoms with van der Waals surface area (Å²) in [4.78, 5) is 24.9. The molecular weight excluding hydrogens is 244 g/mol. The molecule has 104 valence electrons. The summed E-state index contributed by atoms with van der Waals surface area (Å²) in [6.45, 7) is 1.12. The minimum absolute atomic E-state index is 0.140. The van der Waals surface area contributed by atoms with E-state index in [1.54, 1.807) is 14.2 Å². The second kappa shape index (κ2) is 8.26. The monoisotopic (exact) mass is 264 g/mol. The molecule has 5 nitrogen and oxygen atoms in total. The van der Waals surface area contributed by atoms with E-state index >= 15 is 0 Å². The summed E-state index contributed by atoms with van der Waals surface area (Å²) in [7, 11) is 3.27. The van der Waals surface area contributed by atoms with Gasteiger partial charge in [0.1, 0.15) is 6.42 Å². The first-order chi connectivity index (χ1) is 9.15. The van der Waals surface area contributed by atoms with Crippen LogP contribution in [0.25, 0.3) is 0 Å². The van der Waals surface area contributed by atoms with Crippen molar-refractivity contribution in [3.8, 4) is 0 Å². The number of para-hydroxylation sites is 1. The van der Waals surface area contributed by atoms with Crippen LogP contribution >= 0.6 is 0 Å². The molecular formula is C14H20N2O3. The van der Waals surface area contributed by atoms with Crippen molar-refractivity contribution in [3.05, 3.63) is 30.3 Å². The summed E-state index contributed by atoms with van der Waals surface area (Å²) >= 11 is 0. The Balaban J connectivity index is 2.36. The van der Waals surface area contributed by atoms with Gasteiger partial charge in [-0.25, -0.2) is 0 Å². The number of anilines is 1. The molecule has 0 aliphatic rings. The van der Waals surface area contributed by atoms with Gasteiger partial charge in [0, 0.05) is 33.0 Å². The zero-order chi connectivity index (χ0) is 14.1. The van der Waals surface area contributed by atoms with Crippen LogP contribution in [0.3, 0.4) is 0 Å². The normalized spacial score (nSPS) is 10.0. The van der Waals surface area contributed by atoms with Crippen LogP contribution in [-0.4, -0.2) is 39.1 Å². The van der Waals surface area contributed by atoms with Gasteiger partial charge in [0.15, 0.2) is 0 Å². The van der Waals surface area contributed by atoms with Crippen molar-refractivity contribution < 1.29 is 14.3 Å². The van der Waals surface area contributed by atoms with Crippen molar-refractivity contribution in [1.82, 2.24) is 5.32 Å². The van der Waals surface area contributed by atoms with Gasteiger partial charge >= 0.3 is 0 Å². The number of hydrogen-bond donors (Lipinski definition) is 1. The molecule has 0 radical (unpaired) electrons. The molecule has 0 spiro atoms. The van der Waals surface area contributed by atoms with Crippen LogP contribution in [0.4, 0.5) is 5.69 Å². The minimum atomic E-state index is -0.260. The zero-order valence-corrected chi connectivity index (χ0v) is 11.4. The van der Waals surface area contributed by atoms with Gasteiger partial charge in [0.2, 0.25) is 11.8 Å². The highest BCUT2D eigenvalue weighted by atomic mass is 16.5. The summed E-state index contributed by atoms with van der Waals surface area (Å²) < 4.78 is 4.87. The molecule has 0 saturated carbocycles. The van der Waals surface area contributed by atoms with Crippen LogP contribution in [-0.2, 0) is 14.3 Å². The fourth-order valence-electron chi connectivity index (χ4n) is 1.56. The van der Waals surface area contributed by atoms with Gasteiger partial charge in [0.05, 0.1) is 0 Å². The number of carbonyl (C=O) groups is 2. The smallest absolute Gasteiger partial charge is 0.236 e. The molecule has 0 aromatic heterocycles. The highest BCUT2D eigenvalue weighted by Crippen LogP contribution is 2.11. The van der Waals surface area contributed by atoms with Crippen LogP contribution in [0.1, 0.15) is 12.8 Å². The van der Waals surface area contributed by atoms with Crippen LogP contribution in [0.15, 0.2) is 30.3 Å². The number of benzene rings is 1. The summed E-state index contributed by atoms with van der Waals surface area (Å²) in [5.74, 6) is -0.487. The van der Waals surface area contributed by atoms with Crippen LogP contribution in [0.2, 0.25) is 0 Å². The van der Waals surface area contributed by atoms with E-state index in [2.05, 4.69) is 5.32 Å². The third kappa shape index (κ3) is 5.52. The van der Waals surface area contributed by atoms with Crippen molar-refractivity contribution in [3.63, 3.8) is 0 Å². The van der Waals surface area contributed by atoms with Crippen LogP contribution in [0.5, 0.6) is 0 Å². The molecule has 1 N–H and O–H groups in total. The van der Waals surface area contributed by atoms with Gasteiger partial charge in [-0.2, -0.15) is 0 Å². The standard InChI is InChI=1S/C14H20N2O3/c1-16(12-7-4-3-5-8-12)14(18)11-13(17)15-9-6-10-19-2/h3-5,7-8H,6,9-11H2,1-2H3,(H,15,17). The van der Waals surface area contributed by atoms with E-state index in [1.807, 2.05) is 30.3 Å². The maximum Gasteiger partial charge on any atom is 0.236 e. The number of nitrogens with one attached hydrogen (secondary N) is 1. The zero-order valence-electron chi connectivity index (χ0n) is 11.4. The lowest BCUT2D eigenvalue weighted by atomic mass is 10.2. The van der Waals surface area contributed by atoms with Crippen molar-refractivity contribution in [2.75, 3.05) is 32.2 Å². The number of nitrogens with zero attached hydrogens (tertiary/aromatic N) is 1. The van der Waals surface area contributed by atoms with E-state index in [0.717, 1.165) is 12.1 Å². The Bertz CT molecular complexity index is 406. The van der Waals surface area contributed by atoms with Gasteiger partial charge in [-0.3, -0.25) is 9.59 Å². The molecule has 0 fully saturated rings. The molecule has 0 saturated heterocycles. The first kappa shape index (κ1) is 15.2. The first-order valence-corrected chi connectivity index (χ1v) is 6.22. The van der Waals surface area contributed by atoms with E-state index in [4.69, 9.17) is 4.74 Å². The SMILES string of the molecule is COCCCNC(=O)CC(=O)N(C)c1ccccc1. The van der Waals surface area contributed by atoms with E-state index in [9.17, 15) is 9.59 Å². The van der Waals surface area contributed by atoms with E-state index < -0.39 is 0 Å². The number of hydrogen-bond acceptors (Lipinski definition) is 3. The second-order valence-electron chi connectivity index (χ2n) is 4.16. The molecule has 0 heterocycles. The molecule has 1 aromatic carbocycles. The van der Waals surface area contributed by atoms with E-state index in [0.29, 0.717) is 13.2 Å². The Morgan fingerprint density at radius 3 is 2.58 bits per heavy atom. The highest BCUT2D eigenvalue weighted by molar-refractivity contribution is 6.04. The molecule has 1 rings (SSSR count). The van der Waals surface area contributed by atoms with Crippen LogP contribution < -0.4 is 10.2 Å². The Labute approximate surface area is 113 Å². The van der Waals surface area contributed by atoms with Crippen molar-refractivity contribution in [1.29, 1.82) is 0 Å². The lowest BCUT2D eigenvalue weighted by Crippen LogP contribution is -2.33. The maximum absolute atomic E-state index is 11.9. The largest absolute Gasteiger partial charge is 0.385 e. The topological polar surface area (TPSA) is 58.6 Å². The lowest BCUT2D eigenvalue weighted by Gasteiger charge is -2.16. The highest BCUT2D eigenvalue weighted by Gasteiger charge is 2.14. The number of rotatable bonds is 7. The average molecular weight is 264 g/mol. The van der Waals surface area contributed by atoms with Gasteiger partial charge < -0.3 is 15.0 Å². The van der Waals surface area contributed by atoms with Crippen molar-refractivity contribution in [2.24, 2.45) is 0 Å². The van der Waals surface area contributed by atoms with E-state index in [-0.39, 0.29) is 18.2 Å². The van der Waals surface area contributed by atoms with Gasteiger partial charge in [-0.15, -0.1) is 0 Å². The van der Waals surface area contributed by atoms with Crippen molar-refractivity contribution in [2.45, 2.75) is 12.8 Å². The summed E-state index contributed by atoms with van der Waals surface area (Å²) in [5.41, 5.74) is 0.777. The molecule has 5 heteroatoms. The number of amides is 2. The summed E-state index contributed by atoms with van der Waals surface area (Å²) in [5, 5.41) is 2.69. The minimum Gasteiger partial charge on any atom is -0.385 e. The molecule has 0 aliphatic heterocycles. The Kier molecular flexibility index (Phi) is 6.60. The van der Waals surface area contributed by atoms with Gasteiger partial charge in [0.25, 0.3) is 0 Å². The third-order valence-electron chi connectivity index (χ3n) is 2.68. The molecule has 0 unspecified atom stereocenters. The molecule has 0 atom stereocenters. The van der Waals surface area contributed by atoms with Gasteiger partial charge in [-0.05, 0) is 18.6 Å². The molecule has 0 aliphatic carbocycles. The predicted octanol–water partition coefficient (Wildman–Crippen LogP) is 1.19. The quantitative estimate of drug-likeness (QED) is 0.594. The predicted molar refractivity (Wildman–Crippen MR) is 74.0 cm³/mol. The van der Waals surface area contributed by atoms with E-state index in [1.165, 1.54) is 4.90 Å². The summed E-state index contributed by atoms with van der Waals surface area (Å²) in [6, 6.07) is 9.24. The van der Waals surface area contributed by atoms with Gasteiger partial charge in [-0.1, -0.05) is 18.2 Å². The molecule has 1 aromatic rings. The van der Waals surface area contributed by atoms with Crippen molar-refractivity contribution >= 4 is 17.5 Å². The number of methoxy groups -OCH3 is 1. The fourth-order valence-corrected chi connectivity index (χ4v) is 1.56. The second-order valence-corrected chi connectivity index (χ2v) is 4.16. The Morgan fingerprint density at radius 1 is 1.26 bits per heavy atom. The number of carbonyl (C=O) groups excluding carboxylic acids is 2. The average Bonchev–Trinajstić information content (AvgIpc) is 2.43. The third-order valence-corrected chi connectivity index (χ3v) is 2.68. The number of ether oxygens (including phenoxy) is 1.